The van der Waals surface area contributed by atoms with Crippen LogP contribution in [-0.4, -0.2) is 98.1 Å². The first-order valence-electron chi connectivity index (χ1n) is 11.8. The number of nitrogens with one attached hydrogen (secondary N) is 2. The summed E-state index contributed by atoms with van der Waals surface area (Å²) in [4.78, 5) is 24.3. The van der Waals surface area contributed by atoms with Crippen LogP contribution in [0.4, 0.5) is 0 Å². The smallest absolute Gasteiger partial charge is 0.234 e. The first kappa shape index (κ1) is 25.6. The third-order valence-corrected chi connectivity index (χ3v) is 6.04. The summed E-state index contributed by atoms with van der Waals surface area (Å²) in [5.74, 6) is 2.64. The Labute approximate surface area is 200 Å². The van der Waals surface area contributed by atoms with Crippen molar-refractivity contribution in [2.75, 3.05) is 65.4 Å². The lowest BCUT2D eigenvalue weighted by Crippen LogP contribution is -2.54. The number of nitrogens with zero attached hydrogens (tertiary/aromatic N) is 4. The summed E-state index contributed by atoms with van der Waals surface area (Å²) in [5.41, 5.74) is 0. The number of halogens is 1. The van der Waals surface area contributed by atoms with Gasteiger partial charge < -0.3 is 20.4 Å². The molecular weight excluding hydrogens is 491 g/mol. The second kappa shape index (κ2) is 13.1. The molecule has 8 heteroatoms. The molecular formula is C22H43IN6O. The minimum absolute atomic E-state index is 0. The van der Waals surface area contributed by atoms with Gasteiger partial charge in [0.2, 0.25) is 5.91 Å². The third-order valence-electron chi connectivity index (χ3n) is 6.04. The summed E-state index contributed by atoms with van der Waals surface area (Å²) >= 11 is 0. The number of carbonyl (C=O) groups is 1. The van der Waals surface area contributed by atoms with Crippen molar-refractivity contribution in [2.45, 2.75) is 52.5 Å². The van der Waals surface area contributed by atoms with E-state index in [1.165, 1.54) is 32.5 Å². The summed E-state index contributed by atoms with van der Waals surface area (Å²) in [6.45, 7) is 16.5. The Balaban J connectivity index is 0.00000320. The second-order valence-electron chi connectivity index (χ2n) is 9.46. The quantitative estimate of drug-likeness (QED) is 0.283. The molecule has 1 aliphatic carbocycles. The first-order chi connectivity index (χ1) is 14.0. The molecule has 1 unspecified atom stereocenters. The zero-order valence-electron chi connectivity index (χ0n) is 19.2. The second-order valence-corrected chi connectivity index (χ2v) is 9.46. The maximum atomic E-state index is 12.0. The highest BCUT2D eigenvalue weighted by molar-refractivity contribution is 14.0. The fourth-order valence-electron chi connectivity index (χ4n) is 4.45. The molecule has 2 aliphatic heterocycles. The van der Waals surface area contributed by atoms with E-state index < -0.39 is 0 Å². The Hall–Kier alpha value is -0.610. The Morgan fingerprint density at radius 3 is 2.43 bits per heavy atom. The molecule has 0 aromatic heterocycles. The summed E-state index contributed by atoms with van der Waals surface area (Å²) < 4.78 is 0. The lowest BCUT2D eigenvalue weighted by molar-refractivity contribution is -0.122. The molecule has 0 aromatic rings. The van der Waals surface area contributed by atoms with Crippen molar-refractivity contribution >= 4 is 35.8 Å². The normalized spacial score (nSPS) is 23.9. The van der Waals surface area contributed by atoms with Crippen molar-refractivity contribution in [3.05, 3.63) is 0 Å². The molecule has 3 rings (SSSR count). The highest BCUT2D eigenvalue weighted by atomic mass is 127. The van der Waals surface area contributed by atoms with Gasteiger partial charge in [-0.15, -0.1) is 24.0 Å². The van der Waals surface area contributed by atoms with Crippen molar-refractivity contribution in [3.8, 4) is 0 Å². The number of piperidine rings is 1. The monoisotopic (exact) mass is 534 g/mol. The number of hydrogen-bond acceptors (Lipinski definition) is 4. The van der Waals surface area contributed by atoms with E-state index >= 15 is 0 Å². The van der Waals surface area contributed by atoms with Gasteiger partial charge in [-0.1, -0.05) is 13.8 Å². The molecule has 1 amide bonds. The number of aliphatic imine (C=N–C) groups is 1. The fourth-order valence-corrected chi connectivity index (χ4v) is 4.45. The number of carbonyl (C=O) groups excluding carboxylic acids is 1. The molecule has 0 radical (unpaired) electrons. The molecule has 2 heterocycles. The van der Waals surface area contributed by atoms with Crippen LogP contribution in [-0.2, 0) is 4.79 Å². The molecule has 7 nitrogen and oxygen atoms in total. The number of guanidine groups is 1. The van der Waals surface area contributed by atoms with Crippen molar-refractivity contribution in [2.24, 2.45) is 16.8 Å². The van der Waals surface area contributed by atoms with Crippen LogP contribution in [0.5, 0.6) is 0 Å². The Morgan fingerprint density at radius 1 is 1.07 bits per heavy atom. The maximum absolute atomic E-state index is 12.0. The van der Waals surface area contributed by atoms with Gasteiger partial charge in [-0.2, -0.15) is 0 Å². The van der Waals surface area contributed by atoms with Gasteiger partial charge in [0.15, 0.2) is 5.96 Å². The number of hydrogen-bond donors (Lipinski definition) is 2. The van der Waals surface area contributed by atoms with Crippen LogP contribution in [0.1, 0.15) is 46.5 Å². The van der Waals surface area contributed by atoms with Crippen molar-refractivity contribution in [1.29, 1.82) is 0 Å². The van der Waals surface area contributed by atoms with Crippen LogP contribution in [0.25, 0.3) is 0 Å². The van der Waals surface area contributed by atoms with Crippen LogP contribution in [0.2, 0.25) is 0 Å². The van der Waals surface area contributed by atoms with Gasteiger partial charge in [0, 0.05) is 58.4 Å². The van der Waals surface area contributed by atoms with Crippen molar-refractivity contribution in [3.63, 3.8) is 0 Å². The van der Waals surface area contributed by atoms with Crippen LogP contribution in [0.3, 0.4) is 0 Å². The molecule has 0 spiro atoms. The van der Waals surface area contributed by atoms with E-state index in [9.17, 15) is 4.79 Å². The average Bonchev–Trinajstić information content (AvgIpc) is 3.49. The number of piperazine rings is 1. The maximum Gasteiger partial charge on any atom is 0.234 e. The van der Waals surface area contributed by atoms with E-state index in [1.54, 1.807) is 0 Å². The first-order valence-corrected chi connectivity index (χ1v) is 11.8. The molecule has 0 aromatic carbocycles. The van der Waals surface area contributed by atoms with Gasteiger partial charge in [0.1, 0.15) is 0 Å². The van der Waals surface area contributed by atoms with E-state index in [0.29, 0.717) is 18.5 Å². The van der Waals surface area contributed by atoms with Gasteiger partial charge in [0.05, 0.1) is 6.54 Å². The van der Waals surface area contributed by atoms with Crippen LogP contribution >= 0.6 is 24.0 Å². The van der Waals surface area contributed by atoms with Gasteiger partial charge in [0.25, 0.3) is 0 Å². The highest BCUT2D eigenvalue weighted by Gasteiger charge is 2.26. The molecule has 3 aliphatic rings. The molecule has 1 saturated carbocycles. The van der Waals surface area contributed by atoms with Gasteiger partial charge in [-0.3, -0.25) is 14.7 Å². The van der Waals surface area contributed by atoms with E-state index in [1.807, 2.05) is 0 Å². The zero-order valence-corrected chi connectivity index (χ0v) is 21.6. The molecule has 3 fully saturated rings. The summed E-state index contributed by atoms with van der Waals surface area (Å²) in [5, 5.41) is 6.58. The highest BCUT2D eigenvalue weighted by Crippen LogP contribution is 2.19. The average molecular weight is 535 g/mol. The Kier molecular flexibility index (Phi) is 11.2. The lowest BCUT2D eigenvalue weighted by atomic mass is 9.97. The van der Waals surface area contributed by atoms with E-state index in [2.05, 4.69) is 46.1 Å². The van der Waals surface area contributed by atoms with Crippen LogP contribution in [0.15, 0.2) is 4.99 Å². The van der Waals surface area contributed by atoms with Crippen molar-refractivity contribution < 1.29 is 4.79 Å². The zero-order chi connectivity index (χ0) is 20.6. The number of rotatable bonds is 8. The van der Waals surface area contributed by atoms with E-state index in [0.717, 1.165) is 64.0 Å². The SMILES string of the molecule is CCNC(=NCC1CCCN(CC(C)C)C1)N1CCN(CC(=O)NC2CC2)CC1.I. The number of amides is 1. The lowest BCUT2D eigenvalue weighted by Gasteiger charge is -2.37. The minimum atomic E-state index is 0. The molecule has 1 atom stereocenters. The predicted octanol–water partition coefficient (Wildman–Crippen LogP) is 1.83. The topological polar surface area (TPSA) is 63.2 Å². The molecule has 30 heavy (non-hydrogen) atoms. The van der Waals surface area contributed by atoms with E-state index in [-0.39, 0.29) is 29.9 Å². The predicted molar refractivity (Wildman–Crippen MR) is 135 cm³/mol. The summed E-state index contributed by atoms with van der Waals surface area (Å²) in [6, 6.07) is 0.451. The van der Waals surface area contributed by atoms with Gasteiger partial charge in [-0.05, 0) is 51.0 Å². The molecule has 174 valence electrons. The number of likely N-dealkylation sites (tertiary alicyclic amines) is 1. The van der Waals surface area contributed by atoms with Crippen molar-refractivity contribution in [1.82, 2.24) is 25.3 Å². The third kappa shape index (κ3) is 8.86. The molecule has 0 bridgehead atoms. The summed E-state index contributed by atoms with van der Waals surface area (Å²) in [6.07, 6.45) is 4.89. The van der Waals surface area contributed by atoms with Gasteiger partial charge >= 0.3 is 0 Å². The van der Waals surface area contributed by atoms with Crippen LogP contribution < -0.4 is 10.6 Å². The van der Waals surface area contributed by atoms with Gasteiger partial charge in [-0.25, -0.2) is 0 Å². The summed E-state index contributed by atoms with van der Waals surface area (Å²) in [7, 11) is 0. The Morgan fingerprint density at radius 2 is 1.80 bits per heavy atom. The van der Waals surface area contributed by atoms with Crippen LogP contribution in [0, 0.1) is 11.8 Å². The molecule has 2 N–H and O–H groups in total. The Bertz CT molecular complexity index is 546. The largest absolute Gasteiger partial charge is 0.357 e. The fraction of sp³-hybridized carbons (Fsp3) is 0.909. The molecule has 2 saturated heterocycles. The van der Waals surface area contributed by atoms with E-state index in [4.69, 9.17) is 4.99 Å². The standard InChI is InChI=1S/C22H42N6O.HI/c1-4-23-22(24-14-19-6-5-9-27(16-19)15-18(2)3)28-12-10-26(11-13-28)17-21(29)25-20-7-8-20;/h18-20H,4-17H2,1-3H3,(H,23,24)(H,25,29);1H. The minimum Gasteiger partial charge on any atom is -0.357 e.